The summed E-state index contributed by atoms with van der Waals surface area (Å²) in [6, 6.07) is 6.36. The number of fused-ring (bicyclic) bond motifs is 2. The molecule has 0 radical (unpaired) electrons. The lowest BCUT2D eigenvalue weighted by atomic mass is 10.1. The molecule has 2 aliphatic heterocycles. The van der Waals surface area contributed by atoms with E-state index in [1.54, 1.807) is 18.2 Å². The first kappa shape index (κ1) is 15.3. The molecule has 5 heteroatoms. The summed E-state index contributed by atoms with van der Waals surface area (Å²) in [6.07, 6.45) is 3.69. The van der Waals surface area contributed by atoms with Gasteiger partial charge in [-0.25, -0.2) is 0 Å². The van der Waals surface area contributed by atoms with Gasteiger partial charge in [-0.2, -0.15) is 0 Å². The Kier molecular flexibility index (Phi) is 4.55. The average molecular weight is 327 g/mol. The zero-order valence-corrected chi connectivity index (χ0v) is 13.7. The van der Waals surface area contributed by atoms with Gasteiger partial charge in [-0.1, -0.05) is 23.2 Å². The van der Waals surface area contributed by atoms with Gasteiger partial charge in [0.25, 0.3) is 0 Å². The van der Waals surface area contributed by atoms with E-state index in [2.05, 4.69) is 16.8 Å². The summed E-state index contributed by atoms with van der Waals surface area (Å²) in [5, 5.41) is 1.01. The highest BCUT2D eigenvalue weighted by Gasteiger charge is 2.35. The Labute approximate surface area is 135 Å². The maximum atomic E-state index is 12.5. The Morgan fingerprint density at radius 3 is 2.76 bits per heavy atom. The molecule has 0 N–H and O–H groups in total. The first-order chi connectivity index (χ1) is 10.0. The van der Waals surface area contributed by atoms with Crippen LogP contribution in [0.25, 0.3) is 0 Å². The van der Waals surface area contributed by atoms with Gasteiger partial charge in [-0.15, -0.1) is 0 Å². The molecular weight excluding hydrogens is 307 g/mol. The molecule has 3 rings (SSSR count). The summed E-state index contributed by atoms with van der Waals surface area (Å²) in [6.45, 7) is 2.41. The van der Waals surface area contributed by atoms with Gasteiger partial charge < -0.3 is 0 Å². The molecule has 2 atom stereocenters. The van der Waals surface area contributed by atoms with E-state index in [0.29, 0.717) is 34.2 Å². The van der Waals surface area contributed by atoms with Crippen LogP contribution in [0.15, 0.2) is 18.2 Å². The van der Waals surface area contributed by atoms with Crippen molar-refractivity contribution in [2.45, 2.75) is 31.3 Å². The Hall–Kier alpha value is -0.610. The molecule has 2 fully saturated rings. The van der Waals surface area contributed by atoms with Crippen molar-refractivity contribution in [3.05, 3.63) is 33.8 Å². The number of hydrogen-bond donors (Lipinski definition) is 0. The Morgan fingerprint density at radius 2 is 2.00 bits per heavy atom. The number of benzene rings is 1. The molecule has 1 aromatic rings. The molecule has 3 nitrogen and oxygen atoms in total. The van der Waals surface area contributed by atoms with Crippen molar-refractivity contribution in [1.29, 1.82) is 0 Å². The van der Waals surface area contributed by atoms with E-state index in [-0.39, 0.29) is 5.78 Å². The van der Waals surface area contributed by atoms with Crippen molar-refractivity contribution < 1.29 is 4.79 Å². The zero-order chi connectivity index (χ0) is 15.0. The van der Waals surface area contributed by atoms with Crippen LogP contribution in [0, 0.1) is 0 Å². The van der Waals surface area contributed by atoms with Gasteiger partial charge >= 0.3 is 0 Å². The molecule has 2 unspecified atom stereocenters. The molecule has 2 bridgehead atoms. The molecule has 0 aromatic heterocycles. The fraction of sp³-hybridized carbons (Fsp3) is 0.562. The molecule has 2 aliphatic rings. The Morgan fingerprint density at radius 1 is 1.24 bits per heavy atom. The van der Waals surface area contributed by atoms with E-state index in [0.717, 1.165) is 19.5 Å². The molecule has 2 heterocycles. The van der Waals surface area contributed by atoms with Crippen molar-refractivity contribution in [1.82, 2.24) is 9.80 Å². The van der Waals surface area contributed by atoms with Crippen LogP contribution in [0.4, 0.5) is 0 Å². The van der Waals surface area contributed by atoms with E-state index < -0.39 is 0 Å². The third kappa shape index (κ3) is 3.26. The van der Waals surface area contributed by atoms with Gasteiger partial charge in [-0.3, -0.25) is 14.6 Å². The van der Waals surface area contributed by atoms with Crippen LogP contribution in [-0.2, 0) is 0 Å². The smallest absolute Gasteiger partial charge is 0.178 e. The lowest BCUT2D eigenvalue weighted by Crippen LogP contribution is -2.38. The average Bonchev–Trinajstić information content (AvgIpc) is 2.67. The summed E-state index contributed by atoms with van der Waals surface area (Å²) < 4.78 is 0. The van der Waals surface area contributed by atoms with Crippen molar-refractivity contribution in [3.63, 3.8) is 0 Å². The van der Waals surface area contributed by atoms with Crippen LogP contribution in [0.1, 0.15) is 29.6 Å². The lowest BCUT2D eigenvalue weighted by molar-refractivity contribution is 0.0923. The second-order valence-electron chi connectivity index (χ2n) is 6.12. The minimum Gasteiger partial charge on any atom is -0.299 e. The van der Waals surface area contributed by atoms with E-state index in [9.17, 15) is 4.79 Å². The highest BCUT2D eigenvalue weighted by Crippen LogP contribution is 2.29. The van der Waals surface area contributed by atoms with Gasteiger partial charge in [0, 0.05) is 35.8 Å². The van der Waals surface area contributed by atoms with Crippen molar-refractivity contribution in [3.8, 4) is 0 Å². The SMILES string of the molecule is CN1C2CCC1CN(CC(=O)c1ccc(Cl)cc1Cl)CC2. The number of carbonyl (C=O) groups is 1. The first-order valence-electron chi connectivity index (χ1n) is 7.47. The predicted molar refractivity (Wildman–Crippen MR) is 86.4 cm³/mol. The van der Waals surface area contributed by atoms with Crippen molar-refractivity contribution in [2.24, 2.45) is 0 Å². The quantitative estimate of drug-likeness (QED) is 0.796. The topological polar surface area (TPSA) is 23.6 Å². The second kappa shape index (κ2) is 6.25. The molecule has 2 saturated heterocycles. The maximum Gasteiger partial charge on any atom is 0.178 e. The van der Waals surface area contributed by atoms with Crippen LogP contribution < -0.4 is 0 Å². The summed E-state index contributed by atoms with van der Waals surface area (Å²) in [5.41, 5.74) is 0.573. The zero-order valence-electron chi connectivity index (χ0n) is 12.2. The number of nitrogens with zero attached hydrogens (tertiary/aromatic N) is 2. The monoisotopic (exact) mass is 326 g/mol. The third-order valence-corrected chi connectivity index (χ3v) is 5.38. The number of carbonyl (C=O) groups excluding carboxylic acids is 1. The molecular formula is C16H20Cl2N2O. The molecule has 0 saturated carbocycles. The van der Waals surface area contributed by atoms with Gasteiger partial charge in [0.05, 0.1) is 11.6 Å². The summed E-state index contributed by atoms with van der Waals surface area (Å²) in [4.78, 5) is 17.2. The number of likely N-dealkylation sites (N-methyl/N-ethyl adjacent to an activating group) is 1. The number of Topliss-reactive ketones (excluding diaryl/α,β-unsaturated/α-hetero) is 1. The minimum absolute atomic E-state index is 0.0806. The Bertz CT molecular complexity index is 549. The van der Waals surface area contributed by atoms with Gasteiger partial charge in [-0.05, 0) is 44.5 Å². The normalized spacial score (nSPS) is 26.8. The van der Waals surface area contributed by atoms with E-state index in [1.807, 2.05) is 0 Å². The molecule has 0 amide bonds. The Balaban J connectivity index is 1.67. The van der Waals surface area contributed by atoms with Crippen molar-refractivity contribution >= 4 is 29.0 Å². The number of ketones is 1. The van der Waals surface area contributed by atoms with Crippen LogP contribution in [0.3, 0.4) is 0 Å². The number of likely N-dealkylation sites (tertiary alicyclic amines) is 1. The fourth-order valence-electron chi connectivity index (χ4n) is 3.53. The maximum absolute atomic E-state index is 12.5. The number of hydrogen-bond acceptors (Lipinski definition) is 3. The van der Waals surface area contributed by atoms with Crippen molar-refractivity contribution in [2.75, 3.05) is 26.7 Å². The minimum atomic E-state index is 0.0806. The van der Waals surface area contributed by atoms with Crippen LogP contribution >= 0.6 is 23.2 Å². The predicted octanol–water partition coefficient (Wildman–Crippen LogP) is 3.34. The molecule has 1 aromatic carbocycles. The van der Waals surface area contributed by atoms with Crippen LogP contribution in [0.5, 0.6) is 0 Å². The molecule has 0 aliphatic carbocycles. The molecule has 21 heavy (non-hydrogen) atoms. The fourth-order valence-corrected chi connectivity index (χ4v) is 4.04. The number of rotatable bonds is 3. The molecule has 114 valence electrons. The summed E-state index contributed by atoms with van der Waals surface area (Å²) in [7, 11) is 2.21. The van der Waals surface area contributed by atoms with Gasteiger partial charge in [0.1, 0.15) is 0 Å². The highest BCUT2D eigenvalue weighted by atomic mass is 35.5. The highest BCUT2D eigenvalue weighted by molar-refractivity contribution is 6.36. The molecule has 0 spiro atoms. The number of halogens is 2. The van der Waals surface area contributed by atoms with Crippen LogP contribution in [0.2, 0.25) is 10.0 Å². The van der Waals surface area contributed by atoms with E-state index in [4.69, 9.17) is 23.2 Å². The largest absolute Gasteiger partial charge is 0.299 e. The summed E-state index contributed by atoms with van der Waals surface area (Å²) in [5.74, 6) is 0.0806. The van der Waals surface area contributed by atoms with Crippen LogP contribution in [-0.4, -0.2) is 54.3 Å². The van der Waals surface area contributed by atoms with E-state index in [1.165, 1.54) is 12.8 Å². The van der Waals surface area contributed by atoms with E-state index >= 15 is 0 Å². The van der Waals surface area contributed by atoms with Gasteiger partial charge in [0.2, 0.25) is 0 Å². The second-order valence-corrected chi connectivity index (χ2v) is 6.97. The lowest BCUT2D eigenvalue weighted by Gasteiger charge is -2.25. The standard InChI is InChI=1S/C16H20Cl2N2O/c1-19-12-3-4-13(19)9-20(7-6-12)10-16(21)14-5-2-11(17)8-15(14)18/h2,5,8,12-13H,3-4,6-7,9-10H2,1H3. The first-order valence-corrected chi connectivity index (χ1v) is 8.22. The summed E-state index contributed by atoms with van der Waals surface area (Å²) >= 11 is 12.0. The van der Waals surface area contributed by atoms with Gasteiger partial charge in [0.15, 0.2) is 5.78 Å². The third-order valence-electron chi connectivity index (χ3n) is 4.83.